The maximum atomic E-state index is 12.3. The summed E-state index contributed by atoms with van der Waals surface area (Å²) in [5.41, 5.74) is 0. The minimum atomic E-state index is -3.57. The minimum absolute atomic E-state index is 0.0989. The average Bonchev–Trinajstić information content (AvgIpc) is 2.39. The lowest BCUT2D eigenvalue weighted by Gasteiger charge is -2.26. The Labute approximate surface area is 113 Å². The number of sulfone groups is 1. The second-order valence-electron chi connectivity index (χ2n) is 4.26. The van der Waals surface area contributed by atoms with Gasteiger partial charge in [-0.2, -0.15) is 4.31 Å². The Bertz CT molecular complexity index is 643. The third kappa shape index (κ3) is 3.14. The molecule has 6 nitrogen and oxygen atoms in total. The number of morpholine rings is 1. The first-order chi connectivity index (χ1) is 8.82. The van der Waals surface area contributed by atoms with Crippen molar-refractivity contribution in [1.29, 1.82) is 0 Å². The van der Waals surface area contributed by atoms with Gasteiger partial charge in [-0.3, -0.25) is 0 Å². The first kappa shape index (κ1) is 14.4. The Hall–Kier alpha value is -0.960. The summed E-state index contributed by atoms with van der Waals surface area (Å²) in [6, 6.07) is 5.26. The van der Waals surface area contributed by atoms with Crippen molar-refractivity contribution in [2.45, 2.75) is 9.79 Å². The third-order valence-electron chi connectivity index (χ3n) is 2.86. The zero-order valence-electron chi connectivity index (χ0n) is 10.4. The summed E-state index contributed by atoms with van der Waals surface area (Å²) < 4.78 is 53.6. The predicted octanol–water partition coefficient (Wildman–Crippen LogP) is 0.111. The van der Waals surface area contributed by atoms with E-state index in [-0.39, 0.29) is 9.79 Å². The lowest BCUT2D eigenvalue weighted by Crippen LogP contribution is -2.40. The Balaban J connectivity index is 2.31. The van der Waals surface area contributed by atoms with E-state index in [0.29, 0.717) is 26.3 Å². The molecule has 1 aliphatic heterocycles. The van der Waals surface area contributed by atoms with Gasteiger partial charge in [0.15, 0.2) is 9.84 Å². The van der Waals surface area contributed by atoms with Gasteiger partial charge in [-0.1, -0.05) is 0 Å². The number of hydrogen-bond donors (Lipinski definition) is 0. The van der Waals surface area contributed by atoms with Crippen molar-refractivity contribution in [3.63, 3.8) is 0 Å². The molecule has 0 bridgehead atoms. The number of ether oxygens (including phenoxy) is 1. The van der Waals surface area contributed by atoms with Crippen molar-refractivity contribution in [3.05, 3.63) is 24.3 Å². The highest BCUT2D eigenvalue weighted by atomic mass is 32.2. The van der Waals surface area contributed by atoms with Crippen LogP contribution in [0.25, 0.3) is 0 Å². The predicted molar refractivity (Wildman–Crippen MR) is 69.1 cm³/mol. The van der Waals surface area contributed by atoms with Gasteiger partial charge in [0.05, 0.1) is 23.0 Å². The fraction of sp³-hybridized carbons (Fsp3) is 0.455. The average molecular weight is 305 g/mol. The van der Waals surface area contributed by atoms with Gasteiger partial charge in [-0.25, -0.2) is 16.8 Å². The van der Waals surface area contributed by atoms with Gasteiger partial charge in [0.25, 0.3) is 0 Å². The summed E-state index contributed by atoms with van der Waals surface area (Å²) in [7, 11) is -6.88. The molecule has 106 valence electrons. The number of hydrogen-bond acceptors (Lipinski definition) is 5. The summed E-state index contributed by atoms with van der Waals surface area (Å²) >= 11 is 0. The summed E-state index contributed by atoms with van der Waals surface area (Å²) in [4.78, 5) is 0.204. The van der Waals surface area contributed by atoms with Crippen LogP contribution in [-0.4, -0.2) is 53.7 Å². The standard InChI is InChI=1S/C11H15NO5S2/c1-18(13,14)10-2-4-11(5-3-10)19(15,16)12-6-8-17-9-7-12/h2-5H,6-9H2,1H3. The van der Waals surface area contributed by atoms with E-state index in [1.54, 1.807) is 0 Å². The molecule has 1 fully saturated rings. The second-order valence-corrected chi connectivity index (χ2v) is 8.21. The molecular weight excluding hydrogens is 290 g/mol. The van der Waals surface area contributed by atoms with Gasteiger partial charge < -0.3 is 4.74 Å². The lowest BCUT2D eigenvalue weighted by molar-refractivity contribution is 0.0730. The molecule has 1 aromatic carbocycles. The van der Waals surface area contributed by atoms with E-state index in [1.165, 1.54) is 28.6 Å². The Kier molecular flexibility index (Phi) is 3.95. The van der Waals surface area contributed by atoms with Crippen LogP contribution >= 0.6 is 0 Å². The van der Waals surface area contributed by atoms with Crippen LogP contribution in [0.15, 0.2) is 34.1 Å². The van der Waals surface area contributed by atoms with E-state index in [9.17, 15) is 16.8 Å². The van der Waals surface area contributed by atoms with Crippen LogP contribution in [0.4, 0.5) is 0 Å². The van der Waals surface area contributed by atoms with E-state index >= 15 is 0 Å². The topological polar surface area (TPSA) is 80.8 Å². The molecule has 1 aliphatic rings. The number of sulfonamides is 1. The van der Waals surface area contributed by atoms with Crippen molar-refractivity contribution in [3.8, 4) is 0 Å². The molecule has 0 unspecified atom stereocenters. The first-order valence-corrected chi connectivity index (χ1v) is 9.03. The molecule has 0 radical (unpaired) electrons. The Morgan fingerprint density at radius 2 is 1.42 bits per heavy atom. The van der Waals surface area contributed by atoms with Crippen molar-refractivity contribution < 1.29 is 21.6 Å². The van der Waals surface area contributed by atoms with Crippen LogP contribution < -0.4 is 0 Å². The maximum absolute atomic E-state index is 12.3. The highest BCUT2D eigenvalue weighted by Crippen LogP contribution is 2.19. The highest BCUT2D eigenvalue weighted by Gasteiger charge is 2.26. The van der Waals surface area contributed by atoms with Crippen LogP contribution in [0.2, 0.25) is 0 Å². The molecule has 0 saturated carbocycles. The number of benzene rings is 1. The molecule has 0 aliphatic carbocycles. The Morgan fingerprint density at radius 3 is 1.89 bits per heavy atom. The number of rotatable bonds is 3. The molecule has 2 rings (SSSR count). The summed E-state index contributed by atoms with van der Waals surface area (Å²) in [5.74, 6) is 0. The summed E-state index contributed by atoms with van der Waals surface area (Å²) in [5, 5.41) is 0. The molecule has 1 aromatic rings. The Morgan fingerprint density at radius 1 is 0.947 bits per heavy atom. The zero-order valence-corrected chi connectivity index (χ0v) is 12.1. The van der Waals surface area contributed by atoms with Gasteiger partial charge in [0.1, 0.15) is 0 Å². The van der Waals surface area contributed by atoms with E-state index in [4.69, 9.17) is 4.74 Å². The second kappa shape index (κ2) is 5.20. The molecule has 0 aromatic heterocycles. The van der Waals surface area contributed by atoms with Gasteiger partial charge in [-0.15, -0.1) is 0 Å². The molecule has 0 spiro atoms. The van der Waals surface area contributed by atoms with Gasteiger partial charge in [0.2, 0.25) is 10.0 Å². The monoisotopic (exact) mass is 305 g/mol. The van der Waals surface area contributed by atoms with Crippen molar-refractivity contribution in [2.24, 2.45) is 0 Å². The lowest BCUT2D eigenvalue weighted by atomic mass is 10.4. The van der Waals surface area contributed by atoms with E-state index in [1.807, 2.05) is 0 Å². The van der Waals surface area contributed by atoms with Crippen LogP contribution in [0.1, 0.15) is 0 Å². The highest BCUT2D eigenvalue weighted by molar-refractivity contribution is 7.90. The SMILES string of the molecule is CS(=O)(=O)c1ccc(S(=O)(=O)N2CCOCC2)cc1. The quantitative estimate of drug-likeness (QED) is 0.792. The largest absolute Gasteiger partial charge is 0.379 e. The summed E-state index contributed by atoms with van der Waals surface area (Å²) in [6.45, 7) is 1.38. The maximum Gasteiger partial charge on any atom is 0.243 e. The molecule has 19 heavy (non-hydrogen) atoms. The van der Waals surface area contributed by atoms with Crippen molar-refractivity contribution in [1.82, 2.24) is 4.31 Å². The molecule has 0 atom stereocenters. The molecule has 0 N–H and O–H groups in total. The number of nitrogens with zero attached hydrogens (tertiary/aromatic N) is 1. The fourth-order valence-electron chi connectivity index (χ4n) is 1.79. The van der Waals surface area contributed by atoms with Gasteiger partial charge in [-0.05, 0) is 24.3 Å². The third-order valence-corrected chi connectivity index (χ3v) is 5.90. The normalized spacial score (nSPS) is 18.4. The smallest absolute Gasteiger partial charge is 0.243 e. The van der Waals surface area contributed by atoms with Gasteiger partial charge in [0, 0.05) is 19.3 Å². The minimum Gasteiger partial charge on any atom is -0.379 e. The molecule has 0 amide bonds. The van der Waals surface area contributed by atoms with Crippen LogP contribution in [0.3, 0.4) is 0 Å². The van der Waals surface area contributed by atoms with Crippen LogP contribution in [-0.2, 0) is 24.6 Å². The van der Waals surface area contributed by atoms with Crippen molar-refractivity contribution >= 4 is 19.9 Å². The molecule has 8 heteroatoms. The molecule has 1 saturated heterocycles. The fourth-order valence-corrected chi connectivity index (χ4v) is 3.83. The first-order valence-electron chi connectivity index (χ1n) is 5.70. The van der Waals surface area contributed by atoms with E-state index < -0.39 is 19.9 Å². The molecule has 1 heterocycles. The van der Waals surface area contributed by atoms with E-state index in [2.05, 4.69) is 0 Å². The zero-order chi connectivity index (χ0) is 14.1. The van der Waals surface area contributed by atoms with E-state index in [0.717, 1.165) is 6.26 Å². The van der Waals surface area contributed by atoms with Crippen molar-refractivity contribution in [2.75, 3.05) is 32.6 Å². The summed E-state index contributed by atoms with van der Waals surface area (Å²) in [6.07, 6.45) is 1.08. The van der Waals surface area contributed by atoms with Crippen LogP contribution in [0.5, 0.6) is 0 Å². The van der Waals surface area contributed by atoms with Gasteiger partial charge >= 0.3 is 0 Å². The molecular formula is C11H15NO5S2. The van der Waals surface area contributed by atoms with Crippen LogP contribution in [0, 0.1) is 0 Å².